The standard InChI is InChI=1S/C18H26BrN3O3/c1-4-21(5-2)17(23)13-20-8-10-22(11-9-20)18(24)15-12-14(25-3)6-7-16(15)19/h6-7,12H,4-5,8-11,13H2,1-3H3. The minimum atomic E-state index is -0.0134. The molecule has 0 radical (unpaired) electrons. The maximum atomic E-state index is 12.8. The number of hydrogen-bond acceptors (Lipinski definition) is 4. The number of carbonyl (C=O) groups excluding carboxylic acids is 2. The zero-order chi connectivity index (χ0) is 18.4. The van der Waals surface area contributed by atoms with E-state index in [0.717, 1.165) is 17.6 Å². The number of halogens is 1. The van der Waals surface area contributed by atoms with E-state index in [9.17, 15) is 9.59 Å². The number of benzene rings is 1. The Labute approximate surface area is 157 Å². The lowest BCUT2D eigenvalue weighted by atomic mass is 10.1. The molecule has 25 heavy (non-hydrogen) atoms. The van der Waals surface area contributed by atoms with Gasteiger partial charge in [0.05, 0.1) is 19.2 Å². The molecule has 0 unspecified atom stereocenters. The van der Waals surface area contributed by atoms with E-state index >= 15 is 0 Å². The maximum Gasteiger partial charge on any atom is 0.255 e. The Kier molecular flexibility index (Phi) is 7.25. The van der Waals surface area contributed by atoms with Crippen molar-refractivity contribution < 1.29 is 14.3 Å². The SMILES string of the molecule is CCN(CC)C(=O)CN1CCN(C(=O)c2cc(OC)ccc2Br)CC1. The zero-order valence-corrected chi connectivity index (χ0v) is 16.7. The summed E-state index contributed by atoms with van der Waals surface area (Å²) in [7, 11) is 1.59. The van der Waals surface area contributed by atoms with Crippen LogP contribution in [0.5, 0.6) is 5.75 Å². The number of carbonyl (C=O) groups is 2. The lowest BCUT2D eigenvalue weighted by molar-refractivity contribution is -0.132. The van der Waals surface area contributed by atoms with Crippen molar-refractivity contribution in [1.29, 1.82) is 0 Å². The van der Waals surface area contributed by atoms with Crippen molar-refractivity contribution in [2.75, 3.05) is 52.9 Å². The second-order valence-electron chi connectivity index (χ2n) is 5.98. The minimum Gasteiger partial charge on any atom is -0.497 e. The summed E-state index contributed by atoms with van der Waals surface area (Å²) in [5.74, 6) is 0.802. The summed E-state index contributed by atoms with van der Waals surface area (Å²) in [6, 6.07) is 5.39. The Morgan fingerprint density at radius 1 is 1.16 bits per heavy atom. The van der Waals surface area contributed by atoms with Gasteiger partial charge >= 0.3 is 0 Å². The summed E-state index contributed by atoms with van der Waals surface area (Å²) < 4.78 is 5.97. The molecule has 1 saturated heterocycles. The third kappa shape index (κ3) is 4.95. The van der Waals surface area contributed by atoms with E-state index in [4.69, 9.17) is 4.74 Å². The largest absolute Gasteiger partial charge is 0.497 e. The van der Waals surface area contributed by atoms with E-state index in [1.165, 1.54) is 0 Å². The number of amides is 2. The molecule has 1 aromatic rings. The molecule has 0 N–H and O–H groups in total. The van der Waals surface area contributed by atoms with Crippen LogP contribution in [-0.4, -0.2) is 79.4 Å². The Morgan fingerprint density at radius 2 is 1.80 bits per heavy atom. The van der Waals surface area contributed by atoms with Gasteiger partial charge in [-0.2, -0.15) is 0 Å². The summed E-state index contributed by atoms with van der Waals surface area (Å²) in [5.41, 5.74) is 0.604. The van der Waals surface area contributed by atoms with Gasteiger partial charge in [-0.3, -0.25) is 14.5 Å². The van der Waals surface area contributed by atoms with Crippen LogP contribution in [0.4, 0.5) is 0 Å². The third-order valence-corrected chi connectivity index (χ3v) is 5.23. The molecule has 7 heteroatoms. The van der Waals surface area contributed by atoms with E-state index in [2.05, 4.69) is 20.8 Å². The fourth-order valence-electron chi connectivity index (χ4n) is 2.94. The maximum absolute atomic E-state index is 12.8. The third-order valence-electron chi connectivity index (χ3n) is 4.54. The molecule has 0 atom stereocenters. The monoisotopic (exact) mass is 411 g/mol. The van der Waals surface area contributed by atoms with E-state index in [-0.39, 0.29) is 11.8 Å². The number of methoxy groups -OCH3 is 1. The van der Waals surface area contributed by atoms with Crippen molar-refractivity contribution in [3.63, 3.8) is 0 Å². The van der Waals surface area contributed by atoms with Gasteiger partial charge in [0.1, 0.15) is 5.75 Å². The first-order chi connectivity index (χ1) is 12.0. The van der Waals surface area contributed by atoms with Crippen LogP contribution in [0.1, 0.15) is 24.2 Å². The Morgan fingerprint density at radius 3 is 2.36 bits per heavy atom. The molecule has 138 valence electrons. The molecule has 0 aliphatic carbocycles. The molecule has 1 aliphatic heterocycles. The van der Waals surface area contributed by atoms with Crippen LogP contribution >= 0.6 is 15.9 Å². The first kappa shape index (κ1) is 19.7. The molecular weight excluding hydrogens is 386 g/mol. The normalized spacial score (nSPS) is 15.1. The summed E-state index contributed by atoms with van der Waals surface area (Å²) >= 11 is 3.44. The second kappa shape index (κ2) is 9.20. The van der Waals surface area contributed by atoms with Crippen molar-refractivity contribution in [1.82, 2.24) is 14.7 Å². The van der Waals surface area contributed by atoms with Crippen LogP contribution in [0.3, 0.4) is 0 Å². The van der Waals surface area contributed by atoms with Crippen LogP contribution in [-0.2, 0) is 4.79 Å². The lowest BCUT2D eigenvalue weighted by Crippen LogP contribution is -2.51. The first-order valence-corrected chi connectivity index (χ1v) is 9.42. The quantitative estimate of drug-likeness (QED) is 0.718. The highest BCUT2D eigenvalue weighted by molar-refractivity contribution is 9.10. The van der Waals surface area contributed by atoms with Crippen molar-refractivity contribution in [2.45, 2.75) is 13.8 Å². The smallest absolute Gasteiger partial charge is 0.255 e. The van der Waals surface area contributed by atoms with Gasteiger partial charge in [-0.05, 0) is 48.0 Å². The van der Waals surface area contributed by atoms with Gasteiger partial charge < -0.3 is 14.5 Å². The van der Waals surface area contributed by atoms with E-state index < -0.39 is 0 Å². The summed E-state index contributed by atoms with van der Waals surface area (Å²) in [4.78, 5) is 30.8. The predicted molar refractivity (Wildman–Crippen MR) is 101 cm³/mol. The number of nitrogens with zero attached hydrogens (tertiary/aromatic N) is 3. The molecule has 1 heterocycles. The van der Waals surface area contributed by atoms with Crippen LogP contribution in [0, 0.1) is 0 Å². The van der Waals surface area contributed by atoms with Crippen LogP contribution in [0.15, 0.2) is 22.7 Å². The average molecular weight is 412 g/mol. The van der Waals surface area contributed by atoms with Gasteiger partial charge in [0, 0.05) is 43.7 Å². The molecular formula is C18H26BrN3O3. The minimum absolute atomic E-state index is 0.0134. The Hall–Kier alpha value is -1.60. The number of hydrogen-bond donors (Lipinski definition) is 0. The van der Waals surface area contributed by atoms with Crippen molar-refractivity contribution >= 4 is 27.7 Å². The van der Waals surface area contributed by atoms with E-state index in [1.807, 2.05) is 35.8 Å². The average Bonchev–Trinajstić information content (AvgIpc) is 2.63. The molecule has 0 bridgehead atoms. The highest BCUT2D eigenvalue weighted by atomic mass is 79.9. The number of likely N-dealkylation sites (N-methyl/N-ethyl adjacent to an activating group) is 1. The molecule has 0 aromatic heterocycles. The Bertz CT molecular complexity index is 612. The fraction of sp³-hybridized carbons (Fsp3) is 0.556. The molecule has 1 aliphatic rings. The van der Waals surface area contributed by atoms with Crippen LogP contribution in [0.2, 0.25) is 0 Å². The van der Waals surface area contributed by atoms with Gasteiger partial charge in [-0.15, -0.1) is 0 Å². The molecule has 6 nitrogen and oxygen atoms in total. The Balaban J connectivity index is 1.93. The lowest BCUT2D eigenvalue weighted by Gasteiger charge is -2.35. The van der Waals surface area contributed by atoms with Crippen molar-refractivity contribution in [3.8, 4) is 5.75 Å². The van der Waals surface area contributed by atoms with Gasteiger partial charge in [-0.25, -0.2) is 0 Å². The highest BCUT2D eigenvalue weighted by Gasteiger charge is 2.25. The summed E-state index contributed by atoms with van der Waals surface area (Å²) in [5, 5.41) is 0. The molecule has 1 fully saturated rings. The van der Waals surface area contributed by atoms with Gasteiger partial charge in [0.2, 0.25) is 5.91 Å². The number of piperazine rings is 1. The van der Waals surface area contributed by atoms with Crippen molar-refractivity contribution in [2.24, 2.45) is 0 Å². The van der Waals surface area contributed by atoms with Crippen LogP contribution in [0.25, 0.3) is 0 Å². The van der Waals surface area contributed by atoms with Gasteiger partial charge in [0.25, 0.3) is 5.91 Å². The van der Waals surface area contributed by atoms with Crippen LogP contribution < -0.4 is 4.74 Å². The first-order valence-electron chi connectivity index (χ1n) is 8.63. The zero-order valence-electron chi connectivity index (χ0n) is 15.1. The molecule has 2 rings (SSSR count). The predicted octanol–water partition coefficient (Wildman–Crippen LogP) is 2.08. The molecule has 0 saturated carbocycles. The van der Waals surface area contributed by atoms with E-state index in [0.29, 0.717) is 44.0 Å². The van der Waals surface area contributed by atoms with Crippen molar-refractivity contribution in [3.05, 3.63) is 28.2 Å². The molecule has 1 aromatic carbocycles. The molecule has 0 spiro atoms. The topological polar surface area (TPSA) is 53.1 Å². The highest BCUT2D eigenvalue weighted by Crippen LogP contribution is 2.24. The second-order valence-corrected chi connectivity index (χ2v) is 6.83. The van der Waals surface area contributed by atoms with Gasteiger partial charge in [0.15, 0.2) is 0 Å². The number of rotatable bonds is 6. The fourth-order valence-corrected chi connectivity index (χ4v) is 3.36. The summed E-state index contributed by atoms with van der Waals surface area (Å²) in [6.45, 7) is 8.53. The van der Waals surface area contributed by atoms with E-state index in [1.54, 1.807) is 13.2 Å². The molecule has 2 amide bonds. The van der Waals surface area contributed by atoms with Gasteiger partial charge in [-0.1, -0.05) is 0 Å². The summed E-state index contributed by atoms with van der Waals surface area (Å²) in [6.07, 6.45) is 0. The number of ether oxygens (including phenoxy) is 1.